The van der Waals surface area contributed by atoms with E-state index in [4.69, 9.17) is 25.4 Å². The van der Waals surface area contributed by atoms with Crippen LogP contribution < -0.4 is 0 Å². The highest BCUT2D eigenvalue weighted by Crippen LogP contribution is 2.54. The molecule has 1 fully saturated rings. The molecule has 0 aromatic carbocycles. The first-order valence-corrected chi connectivity index (χ1v) is 14.2. The smallest absolute Gasteiger partial charge is 0.309 e. The Balaban J connectivity index is 1.82. The molecule has 1 aliphatic rings. The maximum Gasteiger partial charge on any atom is 0.327 e. The summed E-state index contributed by atoms with van der Waals surface area (Å²) < 4.78 is 17.1. The molecular formula is C23H45O3PS. The zero-order chi connectivity index (χ0) is 20.6. The van der Waals surface area contributed by atoms with Crippen molar-refractivity contribution in [2.45, 2.75) is 111 Å². The van der Waals surface area contributed by atoms with Gasteiger partial charge in [0.05, 0.1) is 19.8 Å². The number of allylic oxidation sites excluding steroid dienone is 2. The van der Waals surface area contributed by atoms with Crippen molar-refractivity contribution in [3.63, 3.8) is 0 Å². The molecule has 0 spiro atoms. The fraction of sp³-hybridized carbons (Fsp3) is 0.913. The number of hydrogen-bond acceptors (Lipinski definition) is 4. The highest BCUT2D eigenvalue weighted by atomic mass is 32.5. The Hall–Kier alpha value is 0.270. The topological polar surface area (TPSA) is 27.7 Å². The van der Waals surface area contributed by atoms with E-state index in [1.165, 1.54) is 83.5 Å². The van der Waals surface area contributed by atoms with Gasteiger partial charge in [-0.15, -0.1) is 0 Å². The standard InChI is InChI=1S/C23H45O3PS/c1-4-5-6-7-8-9-10-11-12-13-14-15-16-17-18-19-20-24-27(28)25-21-23(2,3)22-26-27/h11-12H,4-10,13-22H2,1-3H3. The molecule has 0 aromatic heterocycles. The summed E-state index contributed by atoms with van der Waals surface area (Å²) in [5, 5.41) is 0. The van der Waals surface area contributed by atoms with Gasteiger partial charge in [0, 0.05) is 5.41 Å². The van der Waals surface area contributed by atoms with Crippen LogP contribution in [0.25, 0.3) is 0 Å². The van der Waals surface area contributed by atoms with Gasteiger partial charge in [-0.3, -0.25) is 0 Å². The molecular weight excluding hydrogens is 387 g/mol. The monoisotopic (exact) mass is 432 g/mol. The van der Waals surface area contributed by atoms with Crippen LogP contribution in [0.2, 0.25) is 0 Å². The molecule has 166 valence electrons. The van der Waals surface area contributed by atoms with Gasteiger partial charge in [-0.05, 0) is 43.9 Å². The Kier molecular flexibility index (Phi) is 15.1. The van der Waals surface area contributed by atoms with E-state index in [1.54, 1.807) is 0 Å². The van der Waals surface area contributed by atoms with Gasteiger partial charge in [0.25, 0.3) is 0 Å². The second-order valence-electron chi connectivity index (χ2n) is 8.93. The van der Waals surface area contributed by atoms with E-state index in [9.17, 15) is 0 Å². The quantitative estimate of drug-likeness (QED) is 0.131. The molecule has 0 atom stereocenters. The minimum atomic E-state index is -2.46. The molecule has 0 aliphatic carbocycles. The third-order valence-corrected chi connectivity index (χ3v) is 7.47. The molecule has 1 aliphatic heterocycles. The van der Waals surface area contributed by atoms with Crippen molar-refractivity contribution >= 4 is 18.5 Å². The van der Waals surface area contributed by atoms with Crippen LogP contribution in [0.3, 0.4) is 0 Å². The predicted octanol–water partition coefficient (Wildman–Crippen LogP) is 8.34. The lowest BCUT2D eigenvalue weighted by molar-refractivity contribution is 0.0253. The van der Waals surface area contributed by atoms with Gasteiger partial charge in [-0.1, -0.05) is 90.7 Å². The SMILES string of the molecule is CCCCCCCCC=CCCCCCCCCOP1(=S)OCC(C)(C)CO1. The molecule has 0 radical (unpaired) electrons. The Morgan fingerprint density at radius 2 is 1.25 bits per heavy atom. The predicted molar refractivity (Wildman–Crippen MR) is 125 cm³/mol. The highest BCUT2D eigenvalue weighted by Gasteiger charge is 2.34. The molecule has 3 nitrogen and oxygen atoms in total. The van der Waals surface area contributed by atoms with Gasteiger partial charge in [0.1, 0.15) is 0 Å². The molecule has 0 bridgehead atoms. The van der Waals surface area contributed by atoms with Crippen molar-refractivity contribution < 1.29 is 13.6 Å². The lowest BCUT2D eigenvalue weighted by atomic mass is 9.97. The second-order valence-corrected chi connectivity index (χ2v) is 11.9. The van der Waals surface area contributed by atoms with Crippen LogP contribution in [0.4, 0.5) is 0 Å². The maximum absolute atomic E-state index is 5.76. The van der Waals surface area contributed by atoms with Crippen LogP contribution in [0, 0.1) is 5.41 Å². The third kappa shape index (κ3) is 14.3. The highest BCUT2D eigenvalue weighted by molar-refractivity contribution is 8.07. The van der Waals surface area contributed by atoms with Gasteiger partial charge >= 0.3 is 6.72 Å². The number of hydrogen-bond donors (Lipinski definition) is 0. The number of unbranched alkanes of at least 4 members (excludes halogenated alkanes) is 12. The van der Waals surface area contributed by atoms with Crippen molar-refractivity contribution in [3.8, 4) is 0 Å². The molecule has 0 aromatic rings. The summed E-state index contributed by atoms with van der Waals surface area (Å²) >= 11 is 5.40. The summed E-state index contributed by atoms with van der Waals surface area (Å²) in [6.07, 6.45) is 23.1. The van der Waals surface area contributed by atoms with E-state index in [1.807, 2.05) is 0 Å². The first-order chi connectivity index (χ1) is 13.5. The normalized spacial score (nSPS) is 18.7. The van der Waals surface area contributed by atoms with E-state index in [0.29, 0.717) is 19.8 Å². The minimum absolute atomic E-state index is 0.0507. The third-order valence-electron chi connectivity index (χ3n) is 5.13. The fourth-order valence-electron chi connectivity index (χ4n) is 3.19. The number of rotatable bonds is 17. The lowest BCUT2D eigenvalue weighted by Gasteiger charge is -2.35. The van der Waals surface area contributed by atoms with Crippen LogP contribution in [0.1, 0.15) is 111 Å². The first kappa shape index (κ1) is 26.3. The van der Waals surface area contributed by atoms with E-state index in [2.05, 4.69) is 32.9 Å². The largest absolute Gasteiger partial charge is 0.327 e. The van der Waals surface area contributed by atoms with Crippen molar-refractivity contribution in [2.24, 2.45) is 5.41 Å². The fourth-order valence-corrected chi connectivity index (χ4v) is 5.32. The van der Waals surface area contributed by atoms with Crippen LogP contribution in [0.15, 0.2) is 12.2 Å². The van der Waals surface area contributed by atoms with E-state index < -0.39 is 6.72 Å². The van der Waals surface area contributed by atoms with Crippen LogP contribution in [0.5, 0.6) is 0 Å². The molecule has 1 heterocycles. The average Bonchev–Trinajstić information content (AvgIpc) is 2.67. The molecule has 0 amide bonds. The first-order valence-electron chi connectivity index (χ1n) is 11.7. The zero-order valence-corrected chi connectivity index (χ0v) is 20.5. The Morgan fingerprint density at radius 3 is 1.79 bits per heavy atom. The van der Waals surface area contributed by atoms with Crippen molar-refractivity contribution in [3.05, 3.63) is 12.2 Å². The Morgan fingerprint density at radius 1 is 0.786 bits per heavy atom. The Labute approximate surface area is 180 Å². The van der Waals surface area contributed by atoms with Gasteiger partial charge in [0.2, 0.25) is 0 Å². The molecule has 5 heteroatoms. The van der Waals surface area contributed by atoms with Crippen molar-refractivity contribution in [1.29, 1.82) is 0 Å². The molecule has 1 rings (SSSR count). The summed E-state index contributed by atoms with van der Waals surface area (Å²) in [6.45, 7) is 6.00. The lowest BCUT2D eigenvalue weighted by Crippen LogP contribution is -2.29. The minimum Gasteiger partial charge on any atom is -0.309 e. The summed E-state index contributed by atoms with van der Waals surface area (Å²) in [5.41, 5.74) is 0.0507. The van der Waals surface area contributed by atoms with Crippen LogP contribution >= 0.6 is 6.72 Å². The molecule has 28 heavy (non-hydrogen) atoms. The zero-order valence-electron chi connectivity index (χ0n) is 18.8. The van der Waals surface area contributed by atoms with Gasteiger partial charge in [0.15, 0.2) is 0 Å². The average molecular weight is 433 g/mol. The summed E-state index contributed by atoms with van der Waals surface area (Å²) in [5.74, 6) is 0. The second kappa shape index (κ2) is 16.0. The van der Waals surface area contributed by atoms with Crippen molar-refractivity contribution in [1.82, 2.24) is 0 Å². The van der Waals surface area contributed by atoms with Crippen molar-refractivity contribution in [2.75, 3.05) is 19.8 Å². The van der Waals surface area contributed by atoms with E-state index in [-0.39, 0.29) is 5.41 Å². The molecule has 0 saturated carbocycles. The van der Waals surface area contributed by atoms with Gasteiger partial charge < -0.3 is 13.6 Å². The Bertz CT molecular complexity index is 437. The summed E-state index contributed by atoms with van der Waals surface area (Å²) in [4.78, 5) is 0. The van der Waals surface area contributed by atoms with E-state index in [0.717, 1.165) is 6.42 Å². The van der Waals surface area contributed by atoms with Crippen LogP contribution in [-0.2, 0) is 25.4 Å². The molecule has 1 saturated heterocycles. The maximum atomic E-state index is 5.76. The summed E-state index contributed by atoms with van der Waals surface area (Å²) in [7, 11) is 0. The van der Waals surface area contributed by atoms with Gasteiger partial charge in [-0.25, -0.2) is 0 Å². The molecule has 0 N–H and O–H groups in total. The van der Waals surface area contributed by atoms with Gasteiger partial charge in [-0.2, -0.15) is 0 Å². The molecule has 0 unspecified atom stereocenters. The summed E-state index contributed by atoms with van der Waals surface area (Å²) in [6, 6.07) is 0. The van der Waals surface area contributed by atoms with E-state index >= 15 is 0 Å². The van der Waals surface area contributed by atoms with Crippen LogP contribution in [-0.4, -0.2) is 19.8 Å².